The van der Waals surface area contributed by atoms with E-state index in [2.05, 4.69) is 22.4 Å². The Morgan fingerprint density at radius 3 is 3.00 bits per heavy atom. The lowest BCUT2D eigenvalue weighted by Crippen LogP contribution is -2.40. The van der Waals surface area contributed by atoms with Gasteiger partial charge in [0.25, 0.3) is 5.91 Å². The number of tetrazole rings is 1. The summed E-state index contributed by atoms with van der Waals surface area (Å²) in [6.07, 6.45) is 2.05. The van der Waals surface area contributed by atoms with Crippen LogP contribution < -0.4 is 9.64 Å². The number of unbranched alkanes of at least 4 members (excludes halogenated alkanes) is 1. The fourth-order valence-electron chi connectivity index (χ4n) is 2.63. The predicted octanol–water partition coefficient (Wildman–Crippen LogP) is 1.33. The SMILES string of the molecule is CCCCn1nnnc1COC(=O)CCN1C(=O)COc2ccccc21. The van der Waals surface area contributed by atoms with Crippen LogP contribution in [0.5, 0.6) is 5.75 Å². The van der Waals surface area contributed by atoms with Crippen molar-refractivity contribution in [2.24, 2.45) is 0 Å². The van der Waals surface area contributed by atoms with Crippen molar-refractivity contribution in [3.63, 3.8) is 0 Å². The minimum Gasteiger partial charge on any atom is -0.482 e. The molecular weight excluding hydrogens is 338 g/mol. The van der Waals surface area contributed by atoms with E-state index in [1.54, 1.807) is 21.7 Å². The van der Waals surface area contributed by atoms with Gasteiger partial charge in [-0.3, -0.25) is 9.59 Å². The molecule has 0 unspecified atom stereocenters. The Bertz CT molecular complexity index is 776. The molecule has 0 radical (unpaired) electrons. The van der Waals surface area contributed by atoms with Gasteiger partial charge in [0.2, 0.25) is 0 Å². The first-order valence-corrected chi connectivity index (χ1v) is 8.62. The minimum atomic E-state index is -0.410. The molecule has 9 heteroatoms. The van der Waals surface area contributed by atoms with E-state index in [1.165, 1.54) is 0 Å². The number of aromatic nitrogens is 4. The fourth-order valence-corrected chi connectivity index (χ4v) is 2.63. The molecule has 1 amide bonds. The molecule has 1 aromatic heterocycles. The predicted molar refractivity (Wildman–Crippen MR) is 91.4 cm³/mol. The van der Waals surface area contributed by atoms with Crippen molar-refractivity contribution in [1.29, 1.82) is 0 Å². The zero-order valence-corrected chi connectivity index (χ0v) is 14.6. The molecule has 1 aliphatic rings. The van der Waals surface area contributed by atoms with Crippen LogP contribution in [0.15, 0.2) is 24.3 Å². The molecule has 0 spiro atoms. The molecule has 26 heavy (non-hydrogen) atoms. The van der Waals surface area contributed by atoms with Crippen LogP contribution in [-0.2, 0) is 27.5 Å². The number of fused-ring (bicyclic) bond motifs is 1. The zero-order chi connectivity index (χ0) is 18.4. The van der Waals surface area contributed by atoms with E-state index in [0.717, 1.165) is 12.8 Å². The average Bonchev–Trinajstić information content (AvgIpc) is 3.11. The van der Waals surface area contributed by atoms with Crippen LogP contribution in [0.3, 0.4) is 0 Å². The van der Waals surface area contributed by atoms with Gasteiger partial charge in [-0.15, -0.1) is 5.10 Å². The zero-order valence-electron chi connectivity index (χ0n) is 14.6. The highest BCUT2D eigenvalue weighted by Gasteiger charge is 2.25. The van der Waals surface area contributed by atoms with Gasteiger partial charge in [0, 0.05) is 13.1 Å². The normalized spacial score (nSPS) is 13.3. The molecule has 2 aromatic rings. The number of esters is 1. The lowest BCUT2D eigenvalue weighted by molar-refractivity contribution is -0.145. The molecule has 3 rings (SSSR count). The molecule has 9 nitrogen and oxygen atoms in total. The molecule has 0 N–H and O–H groups in total. The van der Waals surface area contributed by atoms with Gasteiger partial charge in [0.15, 0.2) is 19.0 Å². The van der Waals surface area contributed by atoms with E-state index in [0.29, 0.717) is 23.8 Å². The van der Waals surface area contributed by atoms with Crippen molar-refractivity contribution < 1.29 is 19.1 Å². The Hall–Kier alpha value is -2.97. The van der Waals surface area contributed by atoms with Crippen LogP contribution in [0.25, 0.3) is 0 Å². The Balaban J connectivity index is 1.52. The molecule has 0 saturated carbocycles. The Morgan fingerprint density at radius 2 is 2.15 bits per heavy atom. The number of carbonyl (C=O) groups is 2. The van der Waals surface area contributed by atoms with Crippen molar-refractivity contribution >= 4 is 17.6 Å². The number of hydrogen-bond acceptors (Lipinski definition) is 7. The van der Waals surface area contributed by atoms with Crippen LogP contribution in [-0.4, -0.2) is 45.2 Å². The molecule has 138 valence electrons. The quantitative estimate of drug-likeness (QED) is 0.656. The Labute approximate surface area is 150 Å². The van der Waals surface area contributed by atoms with E-state index in [4.69, 9.17) is 9.47 Å². The highest BCUT2D eigenvalue weighted by atomic mass is 16.5. The molecule has 1 aliphatic heterocycles. The molecular formula is C17H21N5O4. The number of ether oxygens (including phenoxy) is 2. The first-order chi connectivity index (χ1) is 12.7. The smallest absolute Gasteiger partial charge is 0.308 e. The number of carbonyl (C=O) groups excluding carboxylic acids is 2. The summed E-state index contributed by atoms with van der Waals surface area (Å²) < 4.78 is 12.3. The largest absolute Gasteiger partial charge is 0.482 e. The highest BCUT2D eigenvalue weighted by molar-refractivity contribution is 5.98. The van der Waals surface area contributed by atoms with Crippen molar-refractivity contribution in [1.82, 2.24) is 20.2 Å². The van der Waals surface area contributed by atoms with E-state index in [9.17, 15) is 9.59 Å². The van der Waals surface area contributed by atoms with Gasteiger partial charge in [-0.1, -0.05) is 25.5 Å². The maximum Gasteiger partial charge on any atom is 0.308 e. The van der Waals surface area contributed by atoms with Gasteiger partial charge in [0.1, 0.15) is 5.75 Å². The second kappa shape index (κ2) is 8.41. The summed E-state index contributed by atoms with van der Waals surface area (Å²) in [5.41, 5.74) is 0.667. The van der Waals surface area contributed by atoms with Gasteiger partial charge < -0.3 is 14.4 Å². The summed E-state index contributed by atoms with van der Waals surface area (Å²) in [7, 11) is 0. The second-order valence-electron chi connectivity index (χ2n) is 5.88. The van der Waals surface area contributed by atoms with Crippen LogP contribution in [0.2, 0.25) is 0 Å². The molecule has 2 heterocycles. The first-order valence-electron chi connectivity index (χ1n) is 8.62. The average molecular weight is 359 g/mol. The number of anilines is 1. The summed E-state index contributed by atoms with van der Waals surface area (Å²) in [5.74, 6) is 0.557. The number of rotatable bonds is 8. The van der Waals surface area contributed by atoms with Crippen LogP contribution in [0.4, 0.5) is 5.69 Å². The second-order valence-corrected chi connectivity index (χ2v) is 5.88. The van der Waals surface area contributed by atoms with Gasteiger partial charge in [0.05, 0.1) is 12.1 Å². The fraction of sp³-hybridized carbons (Fsp3) is 0.471. The van der Waals surface area contributed by atoms with Crippen molar-refractivity contribution in [2.75, 3.05) is 18.1 Å². The molecule has 0 fully saturated rings. The summed E-state index contributed by atoms with van der Waals surface area (Å²) in [6, 6.07) is 7.24. The van der Waals surface area contributed by atoms with Gasteiger partial charge >= 0.3 is 5.97 Å². The Morgan fingerprint density at radius 1 is 1.31 bits per heavy atom. The number of hydrogen-bond donors (Lipinski definition) is 0. The molecule has 0 atom stereocenters. The third-order valence-electron chi connectivity index (χ3n) is 4.04. The van der Waals surface area contributed by atoms with E-state index >= 15 is 0 Å². The highest BCUT2D eigenvalue weighted by Crippen LogP contribution is 2.31. The summed E-state index contributed by atoms with van der Waals surface area (Å²) in [4.78, 5) is 25.7. The standard InChI is InChI=1S/C17H21N5O4/c1-2-3-9-22-15(18-19-20-22)11-26-17(24)8-10-21-13-6-4-5-7-14(13)25-12-16(21)23/h4-7H,2-3,8-12H2,1H3. The lowest BCUT2D eigenvalue weighted by atomic mass is 10.2. The number of benzene rings is 1. The number of para-hydroxylation sites is 2. The minimum absolute atomic E-state index is 0.0171. The van der Waals surface area contributed by atoms with Crippen molar-refractivity contribution in [2.45, 2.75) is 39.3 Å². The summed E-state index contributed by atoms with van der Waals surface area (Å²) in [5, 5.41) is 11.4. The lowest BCUT2D eigenvalue weighted by Gasteiger charge is -2.28. The van der Waals surface area contributed by atoms with E-state index in [1.807, 2.05) is 12.1 Å². The maximum absolute atomic E-state index is 12.1. The molecule has 0 aliphatic carbocycles. The summed E-state index contributed by atoms with van der Waals surface area (Å²) >= 11 is 0. The number of amides is 1. The van der Waals surface area contributed by atoms with Crippen molar-refractivity contribution in [3.8, 4) is 5.75 Å². The van der Waals surface area contributed by atoms with Crippen molar-refractivity contribution in [3.05, 3.63) is 30.1 Å². The number of nitrogens with zero attached hydrogens (tertiary/aromatic N) is 5. The van der Waals surface area contributed by atoms with Crippen LogP contribution >= 0.6 is 0 Å². The third kappa shape index (κ3) is 4.16. The monoisotopic (exact) mass is 359 g/mol. The number of aryl methyl sites for hydroxylation is 1. The van der Waals surface area contributed by atoms with Gasteiger partial charge in [-0.2, -0.15) is 0 Å². The topological polar surface area (TPSA) is 99.4 Å². The molecule has 0 saturated heterocycles. The van der Waals surface area contributed by atoms with E-state index < -0.39 is 5.97 Å². The van der Waals surface area contributed by atoms with E-state index in [-0.39, 0.29) is 32.1 Å². The summed E-state index contributed by atoms with van der Waals surface area (Å²) in [6.45, 7) is 2.99. The molecule has 0 bridgehead atoms. The van der Waals surface area contributed by atoms with Crippen LogP contribution in [0.1, 0.15) is 32.0 Å². The first kappa shape index (κ1) is 17.8. The van der Waals surface area contributed by atoms with Crippen LogP contribution in [0, 0.1) is 0 Å². The third-order valence-corrected chi connectivity index (χ3v) is 4.04. The molecule has 1 aromatic carbocycles. The van der Waals surface area contributed by atoms with Gasteiger partial charge in [-0.25, -0.2) is 4.68 Å². The Kier molecular flexibility index (Phi) is 5.77. The van der Waals surface area contributed by atoms with Gasteiger partial charge in [-0.05, 0) is 29.0 Å². The maximum atomic E-state index is 12.1.